The summed E-state index contributed by atoms with van der Waals surface area (Å²) in [6, 6.07) is 14.7. The van der Waals surface area contributed by atoms with Crippen molar-refractivity contribution in [3.05, 3.63) is 54.1 Å². The molecule has 1 amide bonds. The van der Waals surface area contributed by atoms with Crippen LogP contribution in [-0.4, -0.2) is 98.1 Å². The van der Waals surface area contributed by atoms with Crippen molar-refractivity contribution in [3.8, 4) is 11.5 Å². The van der Waals surface area contributed by atoms with E-state index in [4.69, 9.17) is 14.2 Å². The minimum Gasteiger partial charge on any atom is -0.461 e. The first-order valence-corrected chi connectivity index (χ1v) is 18.3. The van der Waals surface area contributed by atoms with E-state index >= 15 is 0 Å². The van der Waals surface area contributed by atoms with Gasteiger partial charge >= 0.3 is 5.97 Å². The fraction of sp³-hybridized carbons (Fsp3) is 0.600. The first kappa shape index (κ1) is 35.0. The molecule has 12 heteroatoms. The molecule has 0 spiro atoms. The van der Waals surface area contributed by atoms with E-state index in [2.05, 4.69) is 10.2 Å². The van der Waals surface area contributed by atoms with Gasteiger partial charge in [-0.05, 0) is 63.6 Å². The number of carbonyl (C=O) groups excluding carboxylic acids is 2. The third kappa shape index (κ3) is 8.77. The van der Waals surface area contributed by atoms with Crippen LogP contribution < -0.4 is 19.7 Å². The molecule has 0 saturated carbocycles. The molecule has 3 heterocycles. The summed E-state index contributed by atoms with van der Waals surface area (Å²) < 4.78 is 42.4. The molecular formula is C35H49N3O8S. The SMILES string of the molecule is CC(C)[C@@H]1[C@H](OC(=O)[C@H](Cc2ccccc2)C[C@H](O)CN2CCN(c3ccc4c(c3)OCO4)C[C@H]2C(=O)NC(C)(C)C)CCS1(=O)=O. The Kier molecular flexibility index (Phi) is 10.7. The zero-order chi connectivity index (χ0) is 33.9. The third-order valence-electron chi connectivity index (χ3n) is 9.07. The van der Waals surface area contributed by atoms with E-state index in [9.17, 15) is 23.1 Å². The minimum absolute atomic E-state index is 0.00394. The number of anilines is 1. The Labute approximate surface area is 278 Å². The molecule has 0 aromatic heterocycles. The normalized spacial score (nSPS) is 23.8. The molecule has 0 aliphatic carbocycles. The second kappa shape index (κ2) is 14.4. The number of benzene rings is 2. The van der Waals surface area contributed by atoms with Gasteiger partial charge in [-0.3, -0.25) is 14.5 Å². The van der Waals surface area contributed by atoms with E-state index < -0.39 is 50.8 Å². The number of piperazine rings is 1. The average molecular weight is 672 g/mol. The zero-order valence-electron chi connectivity index (χ0n) is 28.1. The molecule has 0 bridgehead atoms. The highest BCUT2D eigenvalue weighted by molar-refractivity contribution is 7.92. The predicted octanol–water partition coefficient (Wildman–Crippen LogP) is 3.19. The van der Waals surface area contributed by atoms with Crippen molar-refractivity contribution in [2.75, 3.05) is 43.6 Å². The molecule has 0 radical (unpaired) electrons. The Morgan fingerprint density at radius 1 is 1.06 bits per heavy atom. The van der Waals surface area contributed by atoms with Crippen LogP contribution in [0.25, 0.3) is 0 Å². The summed E-state index contributed by atoms with van der Waals surface area (Å²) in [6.07, 6.45) is -0.927. The summed E-state index contributed by atoms with van der Waals surface area (Å²) in [5.74, 6) is -0.174. The van der Waals surface area contributed by atoms with Gasteiger partial charge in [0.1, 0.15) is 17.4 Å². The summed E-state index contributed by atoms with van der Waals surface area (Å²) in [4.78, 5) is 31.5. The molecule has 0 unspecified atom stereocenters. The van der Waals surface area contributed by atoms with Crippen LogP contribution in [-0.2, 0) is 30.6 Å². The highest BCUT2D eigenvalue weighted by Gasteiger charge is 2.45. The molecule has 11 nitrogen and oxygen atoms in total. The molecule has 2 aromatic carbocycles. The minimum atomic E-state index is -3.35. The molecule has 258 valence electrons. The number of aliphatic hydroxyl groups excluding tert-OH is 1. The van der Waals surface area contributed by atoms with Gasteiger partial charge in [0.05, 0.1) is 17.8 Å². The molecule has 3 aliphatic rings. The lowest BCUT2D eigenvalue weighted by Gasteiger charge is -2.43. The number of rotatable bonds is 11. The second-order valence-corrected chi connectivity index (χ2v) is 16.6. The van der Waals surface area contributed by atoms with Crippen LogP contribution >= 0.6 is 0 Å². The summed E-state index contributed by atoms with van der Waals surface area (Å²) >= 11 is 0. The van der Waals surface area contributed by atoms with Gasteiger partial charge in [-0.2, -0.15) is 0 Å². The Morgan fingerprint density at radius 3 is 2.49 bits per heavy atom. The number of nitrogens with one attached hydrogen (secondary N) is 1. The number of nitrogens with zero attached hydrogens (tertiary/aromatic N) is 2. The van der Waals surface area contributed by atoms with E-state index in [1.807, 2.05) is 88.0 Å². The number of esters is 1. The fourth-order valence-electron chi connectivity index (χ4n) is 6.92. The molecule has 2 N–H and O–H groups in total. The number of hydrogen-bond acceptors (Lipinski definition) is 10. The van der Waals surface area contributed by atoms with Crippen molar-refractivity contribution in [2.45, 2.75) is 82.9 Å². The largest absolute Gasteiger partial charge is 0.461 e. The number of amides is 1. The standard InChI is InChI=1S/C35H49N3O8S/c1-23(2)32-30(13-16-47(32,42)43)46-34(41)25(17-24-9-7-6-8-10-24)18-27(39)20-38-15-14-37(21-28(38)33(40)36-35(3,4)5)26-11-12-29-31(19-26)45-22-44-29/h6-12,19,23,25,27-28,30,32,39H,13-18,20-22H2,1-5H3,(H,36,40)/t25-,27+,28+,30-,32-/m1/s1. The van der Waals surface area contributed by atoms with Crippen LogP contribution in [0.5, 0.6) is 11.5 Å². The van der Waals surface area contributed by atoms with E-state index in [0.29, 0.717) is 37.6 Å². The van der Waals surface area contributed by atoms with Gasteiger partial charge in [-0.25, -0.2) is 8.42 Å². The van der Waals surface area contributed by atoms with Crippen LogP contribution in [0.1, 0.15) is 53.0 Å². The molecular weight excluding hydrogens is 622 g/mol. The number of sulfone groups is 1. The first-order valence-electron chi connectivity index (χ1n) is 16.5. The van der Waals surface area contributed by atoms with Crippen molar-refractivity contribution in [2.24, 2.45) is 11.8 Å². The Bertz CT molecular complexity index is 1510. The Balaban J connectivity index is 1.31. The van der Waals surface area contributed by atoms with Crippen molar-refractivity contribution < 1.29 is 37.3 Å². The Hall–Kier alpha value is -3.35. The van der Waals surface area contributed by atoms with E-state index in [-0.39, 0.29) is 43.8 Å². The van der Waals surface area contributed by atoms with Crippen LogP contribution in [0.2, 0.25) is 0 Å². The number of aliphatic hydroxyl groups is 1. The highest BCUT2D eigenvalue weighted by Crippen LogP contribution is 2.36. The van der Waals surface area contributed by atoms with Gasteiger partial charge in [0, 0.05) is 43.5 Å². The maximum absolute atomic E-state index is 13.7. The van der Waals surface area contributed by atoms with Crippen molar-refractivity contribution in [3.63, 3.8) is 0 Å². The summed E-state index contributed by atoms with van der Waals surface area (Å²) in [5.41, 5.74) is 1.39. The van der Waals surface area contributed by atoms with Crippen molar-refractivity contribution in [1.82, 2.24) is 10.2 Å². The third-order valence-corrected chi connectivity index (χ3v) is 11.5. The number of carbonyl (C=O) groups is 2. The first-order chi connectivity index (χ1) is 22.2. The molecule has 2 aromatic rings. The average Bonchev–Trinajstić information content (AvgIpc) is 3.59. The van der Waals surface area contributed by atoms with E-state index in [1.54, 1.807) is 0 Å². The molecule has 47 heavy (non-hydrogen) atoms. The lowest BCUT2D eigenvalue weighted by Crippen LogP contribution is -2.62. The molecule has 3 aliphatic heterocycles. The highest BCUT2D eigenvalue weighted by atomic mass is 32.2. The van der Waals surface area contributed by atoms with Gasteiger partial charge in [-0.15, -0.1) is 0 Å². The van der Waals surface area contributed by atoms with Crippen molar-refractivity contribution in [1.29, 1.82) is 0 Å². The van der Waals surface area contributed by atoms with Crippen LogP contribution in [0.3, 0.4) is 0 Å². The number of ether oxygens (including phenoxy) is 3. The monoisotopic (exact) mass is 671 g/mol. The predicted molar refractivity (Wildman–Crippen MR) is 179 cm³/mol. The number of hydrogen-bond donors (Lipinski definition) is 2. The molecule has 2 saturated heterocycles. The van der Waals surface area contributed by atoms with Gasteiger partial charge in [0.2, 0.25) is 12.7 Å². The zero-order valence-corrected chi connectivity index (χ0v) is 28.9. The van der Waals surface area contributed by atoms with Crippen molar-refractivity contribution >= 4 is 27.4 Å². The lowest BCUT2D eigenvalue weighted by atomic mass is 9.92. The van der Waals surface area contributed by atoms with Crippen LogP contribution in [0.4, 0.5) is 5.69 Å². The van der Waals surface area contributed by atoms with Crippen LogP contribution in [0.15, 0.2) is 48.5 Å². The fourth-order valence-corrected chi connectivity index (χ4v) is 9.24. The van der Waals surface area contributed by atoms with Gasteiger partial charge in [0.15, 0.2) is 21.3 Å². The topological polar surface area (TPSA) is 135 Å². The molecule has 5 atom stereocenters. The van der Waals surface area contributed by atoms with E-state index in [0.717, 1.165) is 11.3 Å². The maximum Gasteiger partial charge on any atom is 0.309 e. The summed E-state index contributed by atoms with van der Waals surface area (Å²) in [5, 5.41) is 13.8. The van der Waals surface area contributed by atoms with E-state index in [1.165, 1.54) is 0 Å². The van der Waals surface area contributed by atoms with Gasteiger partial charge < -0.3 is 29.5 Å². The Morgan fingerprint density at radius 2 is 1.79 bits per heavy atom. The summed E-state index contributed by atoms with van der Waals surface area (Å²) in [6.45, 7) is 11.4. The smallest absolute Gasteiger partial charge is 0.309 e. The van der Waals surface area contributed by atoms with Gasteiger partial charge in [-0.1, -0.05) is 44.2 Å². The number of fused-ring (bicyclic) bond motifs is 1. The number of β-amino-alcohol motifs (C(OH)–C–C–N with tert-alkyl or cyclic N) is 1. The lowest BCUT2D eigenvalue weighted by molar-refractivity contribution is -0.155. The van der Waals surface area contributed by atoms with Gasteiger partial charge in [0.25, 0.3) is 0 Å². The molecule has 5 rings (SSSR count). The second-order valence-electron chi connectivity index (χ2n) is 14.3. The maximum atomic E-state index is 13.7. The summed E-state index contributed by atoms with van der Waals surface area (Å²) in [7, 11) is -3.35. The quantitative estimate of drug-likeness (QED) is 0.343. The molecule has 2 fully saturated rings. The van der Waals surface area contributed by atoms with Crippen LogP contribution in [0, 0.1) is 11.8 Å².